The van der Waals surface area contributed by atoms with Gasteiger partial charge >= 0.3 is 12.1 Å². The minimum atomic E-state index is -0.415. The third-order valence-corrected chi connectivity index (χ3v) is 5.42. The van der Waals surface area contributed by atoms with E-state index in [-0.39, 0.29) is 11.8 Å². The highest BCUT2D eigenvalue weighted by Gasteiger charge is 2.23. The van der Waals surface area contributed by atoms with Crippen LogP contribution in [0, 0.1) is 5.82 Å². The summed E-state index contributed by atoms with van der Waals surface area (Å²) in [6.45, 7) is 1.25. The second-order valence-corrected chi connectivity index (χ2v) is 8.10. The van der Waals surface area contributed by atoms with Crippen LogP contribution in [0.2, 0.25) is 0 Å². The highest BCUT2D eigenvalue weighted by molar-refractivity contribution is 6.00. The van der Waals surface area contributed by atoms with Gasteiger partial charge in [0.05, 0.1) is 12.2 Å². The molecule has 1 aliphatic heterocycles. The molecule has 0 saturated heterocycles. The van der Waals surface area contributed by atoms with Gasteiger partial charge in [-0.25, -0.2) is 23.9 Å². The number of halogens is 1. The van der Waals surface area contributed by atoms with Crippen LogP contribution in [0.3, 0.4) is 0 Å². The zero-order chi connectivity index (χ0) is 24.1. The molecule has 176 valence electrons. The van der Waals surface area contributed by atoms with Gasteiger partial charge in [0.15, 0.2) is 0 Å². The number of rotatable bonds is 5. The van der Waals surface area contributed by atoms with Gasteiger partial charge in [-0.1, -0.05) is 12.1 Å². The number of hydrogen-bond donors (Lipinski definition) is 3. The zero-order valence-corrected chi connectivity index (χ0v) is 19.0. The van der Waals surface area contributed by atoms with Crippen molar-refractivity contribution in [3.05, 3.63) is 77.4 Å². The van der Waals surface area contributed by atoms with Crippen molar-refractivity contribution in [2.24, 2.45) is 0 Å². The summed E-state index contributed by atoms with van der Waals surface area (Å²) in [5.41, 5.74) is 3.87. The van der Waals surface area contributed by atoms with Crippen LogP contribution in [0.25, 0.3) is 0 Å². The minimum absolute atomic E-state index is 0.178. The summed E-state index contributed by atoms with van der Waals surface area (Å²) in [7, 11) is 3.72. The van der Waals surface area contributed by atoms with Gasteiger partial charge in [0, 0.05) is 44.8 Å². The van der Waals surface area contributed by atoms with Crippen molar-refractivity contribution < 1.29 is 14.0 Å². The van der Waals surface area contributed by atoms with E-state index >= 15 is 0 Å². The molecule has 0 saturated carbocycles. The molecule has 3 aromatic rings. The zero-order valence-electron chi connectivity index (χ0n) is 19.0. The predicted octanol–water partition coefficient (Wildman–Crippen LogP) is 3.59. The first-order chi connectivity index (χ1) is 16.4. The number of benzene rings is 2. The fraction of sp³-hybridized carbons (Fsp3) is 0.250. The number of urea groups is 2. The lowest BCUT2D eigenvalue weighted by molar-refractivity contribution is 0.192. The third-order valence-electron chi connectivity index (χ3n) is 5.42. The molecule has 10 heteroatoms. The van der Waals surface area contributed by atoms with Gasteiger partial charge in [-0.2, -0.15) is 0 Å². The lowest BCUT2D eigenvalue weighted by Crippen LogP contribution is -2.42. The van der Waals surface area contributed by atoms with Crippen molar-refractivity contribution in [2.75, 3.05) is 36.2 Å². The highest BCUT2D eigenvalue weighted by Crippen LogP contribution is 2.26. The molecule has 0 spiro atoms. The fourth-order valence-electron chi connectivity index (χ4n) is 3.69. The number of anilines is 3. The van der Waals surface area contributed by atoms with Crippen molar-refractivity contribution in [1.29, 1.82) is 0 Å². The van der Waals surface area contributed by atoms with E-state index in [9.17, 15) is 14.0 Å². The van der Waals surface area contributed by atoms with Crippen LogP contribution in [0.1, 0.15) is 16.8 Å². The summed E-state index contributed by atoms with van der Waals surface area (Å²) in [6, 6.07) is 12.4. The van der Waals surface area contributed by atoms with E-state index in [0.29, 0.717) is 43.4 Å². The van der Waals surface area contributed by atoms with Crippen LogP contribution in [-0.4, -0.2) is 47.6 Å². The largest absolute Gasteiger partial charge is 0.347 e. The molecule has 0 fully saturated rings. The first kappa shape index (κ1) is 23.0. The number of hydrogen-bond acceptors (Lipinski definition) is 5. The van der Waals surface area contributed by atoms with Crippen LogP contribution in [0.5, 0.6) is 0 Å². The van der Waals surface area contributed by atoms with Gasteiger partial charge in [-0.15, -0.1) is 0 Å². The smallest absolute Gasteiger partial charge is 0.323 e. The molecule has 0 aliphatic carbocycles. The lowest BCUT2D eigenvalue weighted by Gasteiger charge is -2.30. The Morgan fingerprint density at radius 1 is 1.09 bits per heavy atom. The molecule has 34 heavy (non-hydrogen) atoms. The van der Waals surface area contributed by atoms with Crippen LogP contribution in [0.4, 0.5) is 31.3 Å². The monoisotopic (exact) mass is 463 g/mol. The number of carbonyl (C=O) groups is 2. The average molecular weight is 464 g/mol. The van der Waals surface area contributed by atoms with Crippen LogP contribution in [0.15, 0.2) is 54.7 Å². The maximum absolute atomic E-state index is 13.1. The molecule has 4 rings (SSSR count). The Morgan fingerprint density at radius 2 is 1.88 bits per heavy atom. The fourth-order valence-corrected chi connectivity index (χ4v) is 3.69. The first-order valence-corrected chi connectivity index (χ1v) is 10.9. The summed E-state index contributed by atoms with van der Waals surface area (Å²) >= 11 is 0. The molecule has 2 aromatic carbocycles. The van der Waals surface area contributed by atoms with E-state index in [1.165, 1.54) is 24.3 Å². The molecular formula is C24H26FN7O2. The van der Waals surface area contributed by atoms with E-state index in [0.717, 1.165) is 16.8 Å². The van der Waals surface area contributed by atoms with E-state index in [2.05, 4.69) is 25.9 Å². The van der Waals surface area contributed by atoms with Crippen LogP contribution < -0.4 is 20.9 Å². The summed E-state index contributed by atoms with van der Waals surface area (Å²) in [6.07, 6.45) is 2.27. The van der Waals surface area contributed by atoms with E-state index in [1.807, 2.05) is 32.3 Å². The molecule has 4 amide bonds. The maximum Gasteiger partial charge on any atom is 0.323 e. The number of carbonyl (C=O) groups excluding carboxylic acids is 2. The van der Waals surface area contributed by atoms with Crippen molar-refractivity contribution in [3.8, 4) is 0 Å². The Labute approximate surface area is 197 Å². The maximum atomic E-state index is 13.1. The Bertz CT molecular complexity index is 1180. The van der Waals surface area contributed by atoms with Crippen LogP contribution >= 0.6 is 0 Å². The average Bonchev–Trinajstić information content (AvgIpc) is 2.84. The Balaban J connectivity index is 1.36. The second-order valence-electron chi connectivity index (χ2n) is 8.10. The SMILES string of the molecule is CN(C)c1nccc(CNC(=O)N2CCc3c(cccc3NC(=O)Nc3ccc(F)cc3)C2)n1. The highest BCUT2D eigenvalue weighted by atomic mass is 19.1. The van der Waals surface area contributed by atoms with Gasteiger partial charge in [0.2, 0.25) is 5.95 Å². The molecule has 3 N–H and O–H groups in total. The normalized spacial score (nSPS) is 12.5. The Hall–Kier alpha value is -4.21. The molecule has 0 bridgehead atoms. The van der Waals surface area contributed by atoms with E-state index in [1.54, 1.807) is 22.1 Å². The van der Waals surface area contributed by atoms with Gasteiger partial charge in [0.25, 0.3) is 0 Å². The predicted molar refractivity (Wildman–Crippen MR) is 128 cm³/mol. The molecule has 0 atom stereocenters. The standard InChI is InChI=1S/C24H26FN7O2/c1-31(2)22-26-12-10-19(28-22)14-27-24(34)32-13-11-20-16(15-32)4-3-5-21(20)30-23(33)29-18-8-6-17(25)7-9-18/h3-10,12H,11,13-15H2,1-2H3,(H,27,34)(H2,29,30,33). The van der Waals surface area contributed by atoms with Gasteiger partial charge in [0.1, 0.15) is 5.82 Å². The van der Waals surface area contributed by atoms with Crippen molar-refractivity contribution >= 4 is 29.4 Å². The Morgan fingerprint density at radius 3 is 2.65 bits per heavy atom. The van der Waals surface area contributed by atoms with Gasteiger partial charge in [-0.05, 0) is 53.9 Å². The lowest BCUT2D eigenvalue weighted by atomic mass is 9.98. The molecule has 2 heterocycles. The van der Waals surface area contributed by atoms with Gasteiger partial charge < -0.3 is 25.8 Å². The van der Waals surface area contributed by atoms with Gasteiger partial charge in [-0.3, -0.25) is 0 Å². The minimum Gasteiger partial charge on any atom is -0.347 e. The number of fused-ring (bicyclic) bond motifs is 1. The number of nitrogens with zero attached hydrogens (tertiary/aromatic N) is 4. The van der Waals surface area contributed by atoms with Crippen molar-refractivity contribution in [2.45, 2.75) is 19.5 Å². The van der Waals surface area contributed by atoms with Crippen LogP contribution in [-0.2, 0) is 19.5 Å². The summed E-state index contributed by atoms with van der Waals surface area (Å²) in [4.78, 5) is 37.3. The third kappa shape index (κ3) is 5.58. The second kappa shape index (κ2) is 10.2. The molecule has 1 aromatic heterocycles. The molecule has 9 nitrogen and oxygen atoms in total. The number of nitrogens with one attached hydrogen (secondary N) is 3. The van der Waals surface area contributed by atoms with E-state index in [4.69, 9.17) is 0 Å². The van der Waals surface area contributed by atoms with Crippen molar-refractivity contribution in [1.82, 2.24) is 20.2 Å². The van der Waals surface area contributed by atoms with E-state index < -0.39 is 6.03 Å². The topological polar surface area (TPSA) is 102 Å². The summed E-state index contributed by atoms with van der Waals surface area (Å²) in [5.74, 6) is 0.217. The molecule has 1 aliphatic rings. The number of aromatic nitrogens is 2. The molecule has 0 unspecified atom stereocenters. The summed E-state index contributed by atoms with van der Waals surface area (Å²) in [5, 5.41) is 8.46. The quantitative estimate of drug-likeness (QED) is 0.537. The summed E-state index contributed by atoms with van der Waals surface area (Å²) < 4.78 is 13.1. The van der Waals surface area contributed by atoms with Crippen molar-refractivity contribution in [3.63, 3.8) is 0 Å². The molecule has 0 radical (unpaired) electrons. The molecular weight excluding hydrogens is 437 g/mol. The Kier molecular flexibility index (Phi) is 6.86. The number of amides is 4. The first-order valence-electron chi connectivity index (χ1n) is 10.9.